The Bertz CT molecular complexity index is 552. The molecular formula is C14H17N3O4. The van der Waals surface area contributed by atoms with Crippen molar-refractivity contribution < 1.29 is 19.5 Å². The minimum atomic E-state index is -1.13. The Morgan fingerprint density at radius 1 is 1.24 bits per heavy atom. The van der Waals surface area contributed by atoms with Gasteiger partial charge in [0, 0.05) is 17.3 Å². The summed E-state index contributed by atoms with van der Waals surface area (Å²) in [5.74, 6) is -1.85. The molecule has 1 aliphatic rings. The van der Waals surface area contributed by atoms with Crippen LogP contribution in [0.15, 0.2) is 24.3 Å². The number of rotatable bonds is 6. The highest BCUT2D eigenvalue weighted by Gasteiger charge is 2.23. The van der Waals surface area contributed by atoms with E-state index in [0.29, 0.717) is 11.3 Å². The van der Waals surface area contributed by atoms with E-state index < -0.39 is 24.3 Å². The number of carboxylic acids is 1. The third kappa shape index (κ3) is 4.57. The van der Waals surface area contributed by atoms with Crippen LogP contribution in [0.2, 0.25) is 0 Å². The van der Waals surface area contributed by atoms with Crippen LogP contribution in [0.5, 0.6) is 0 Å². The van der Waals surface area contributed by atoms with Crippen LogP contribution in [0.3, 0.4) is 0 Å². The van der Waals surface area contributed by atoms with E-state index in [9.17, 15) is 14.4 Å². The number of benzene rings is 1. The van der Waals surface area contributed by atoms with Crippen molar-refractivity contribution in [1.82, 2.24) is 5.32 Å². The third-order valence-corrected chi connectivity index (χ3v) is 3.06. The Morgan fingerprint density at radius 3 is 2.38 bits per heavy atom. The van der Waals surface area contributed by atoms with Crippen molar-refractivity contribution in [1.29, 1.82) is 0 Å². The number of hydrogen-bond donors (Lipinski definition) is 4. The highest BCUT2D eigenvalue weighted by Crippen LogP contribution is 2.19. The molecule has 0 spiro atoms. The number of amides is 2. The van der Waals surface area contributed by atoms with E-state index in [1.165, 1.54) is 0 Å². The normalized spacial score (nSPS) is 15.1. The molecule has 7 nitrogen and oxygen atoms in total. The number of nitrogens with one attached hydrogen (secondary N) is 2. The Morgan fingerprint density at radius 2 is 1.86 bits per heavy atom. The standard InChI is InChI=1S/C14H17N3O4/c15-11(7-12(18)19)14(21)17-9-3-1-8(2-4-9)13(20)16-10-5-6-10/h1-4,10-11H,5-7,15H2,(H,16,20)(H,17,21)(H,18,19). The molecule has 1 unspecified atom stereocenters. The molecule has 7 heteroatoms. The molecule has 1 aromatic rings. The van der Waals surface area contributed by atoms with E-state index in [2.05, 4.69) is 10.6 Å². The predicted molar refractivity (Wildman–Crippen MR) is 75.8 cm³/mol. The molecule has 0 heterocycles. The molecule has 2 rings (SSSR count). The van der Waals surface area contributed by atoms with Crippen LogP contribution in [-0.4, -0.2) is 35.0 Å². The van der Waals surface area contributed by atoms with Crippen LogP contribution in [0, 0.1) is 0 Å². The lowest BCUT2D eigenvalue weighted by atomic mass is 10.1. The van der Waals surface area contributed by atoms with Gasteiger partial charge in [-0.3, -0.25) is 14.4 Å². The third-order valence-electron chi connectivity index (χ3n) is 3.06. The minimum absolute atomic E-state index is 0.141. The SMILES string of the molecule is NC(CC(=O)O)C(=O)Nc1ccc(C(=O)NC2CC2)cc1. The van der Waals surface area contributed by atoms with Gasteiger partial charge in [-0.2, -0.15) is 0 Å². The van der Waals surface area contributed by atoms with E-state index in [1.807, 2.05) is 0 Å². The number of aliphatic carboxylic acids is 1. The Labute approximate surface area is 121 Å². The van der Waals surface area contributed by atoms with Crippen LogP contribution in [-0.2, 0) is 9.59 Å². The van der Waals surface area contributed by atoms with Crippen LogP contribution >= 0.6 is 0 Å². The molecule has 0 saturated heterocycles. The van der Waals surface area contributed by atoms with Crippen molar-refractivity contribution in [3.63, 3.8) is 0 Å². The van der Waals surface area contributed by atoms with Crippen molar-refractivity contribution in [2.75, 3.05) is 5.32 Å². The lowest BCUT2D eigenvalue weighted by molar-refractivity contribution is -0.138. The van der Waals surface area contributed by atoms with Gasteiger partial charge in [0.2, 0.25) is 5.91 Å². The summed E-state index contributed by atoms with van der Waals surface area (Å²) in [6.07, 6.45) is 1.59. The first-order chi connectivity index (χ1) is 9.95. The average Bonchev–Trinajstić information content (AvgIpc) is 3.22. The zero-order chi connectivity index (χ0) is 15.4. The quantitative estimate of drug-likeness (QED) is 0.601. The van der Waals surface area contributed by atoms with Gasteiger partial charge in [-0.15, -0.1) is 0 Å². The second kappa shape index (κ2) is 6.36. The second-order valence-corrected chi connectivity index (χ2v) is 5.02. The van der Waals surface area contributed by atoms with Crippen molar-refractivity contribution in [3.05, 3.63) is 29.8 Å². The number of carbonyl (C=O) groups excluding carboxylic acids is 2. The zero-order valence-corrected chi connectivity index (χ0v) is 11.3. The first-order valence-corrected chi connectivity index (χ1v) is 6.65. The Hall–Kier alpha value is -2.41. The molecule has 1 saturated carbocycles. The first kappa shape index (κ1) is 15.0. The van der Waals surface area contributed by atoms with Crippen molar-refractivity contribution in [2.24, 2.45) is 5.73 Å². The lowest BCUT2D eigenvalue weighted by Gasteiger charge is -2.10. The smallest absolute Gasteiger partial charge is 0.305 e. The maximum atomic E-state index is 11.8. The second-order valence-electron chi connectivity index (χ2n) is 5.02. The number of carbonyl (C=O) groups is 3. The molecule has 0 aromatic heterocycles. The Balaban J connectivity index is 1.90. The van der Waals surface area contributed by atoms with E-state index in [1.54, 1.807) is 24.3 Å². The fourth-order valence-corrected chi connectivity index (χ4v) is 1.72. The Kier molecular flexibility index (Phi) is 4.54. The summed E-state index contributed by atoms with van der Waals surface area (Å²) in [6, 6.07) is 5.51. The predicted octanol–water partition coefficient (Wildman–Crippen LogP) is 0.319. The monoisotopic (exact) mass is 291 g/mol. The topological polar surface area (TPSA) is 122 Å². The van der Waals surface area contributed by atoms with Gasteiger partial charge in [0.25, 0.3) is 5.91 Å². The molecule has 1 aliphatic carbocycles. The highest BCUT2D eigenvalue weighted by atomic mass is 16.4. The molecule has 0 aliphatic heterocycles. The zero-order valence-electron chi connectivity index (χ0n) is 11.3. The van der Waals surface area contributed by atoms with Gasteiger partial charge in [-0.1, -0.05) is 0 Å². The summed E-state index contributed by atoms with van der Waals surface area (Å²) < 4.78 is 0. The molecule has 2 amide bonds. The van der Waals surface area contributed by atoms with Gasteiger partial charge in [0.05, 0.1) is 12.5 Å². The molecule has 21 heavy (non-hydrogen) atoms. The molecule has 1 atom stereocenters. The fraction of sp³-hybridized carbons (Fsp3) is 0.357. The number of carboxylic acid groups (broad SMARTS) is 1. The van der Waals surface area contributed by atoms with Crippen LogP contribution in [0.25, 0.3) is 0 Å². The summed E-state index contributed by atoms with van der Waals surface area (Å²) in [6.45, 7) is 0. The minimum Gasteiger partial charge on any atom is -0.481 e. The van der Waals surface area contributed by atoms with E-state index in [4.69, 9.17) is 10.8 Å². The van der Waals surface area contributed by atoms with E-state index in [0.717, 1.165) is 12.8 Å². The fourth-order valence-electron chi connectivity index (χ4n) is 1.72. The van der Waals surface area contributed by atoms with Crippen molar-refractivity contribution in [2.45, 2.75) is 31.3 Å². The van der Waals surface area contributed by atoms with Gasteiger partial charge < -0.3 is 21.5 Å². The first-order valence-electron chi connectivity index (χ1n) is 6.65. The van der Waals surface area contributed by atoms with Crippen molar-refractivity contribution >= 4 is 23.5 Å². The molecule has 5 N–H and O–H groups in total. The molecule has 0 radical (unpaired) electrons. The van der Waals surface area contributed by atoms with Crippen molar-refractivity contribution in [3.8, 4) is 0 Å². The molecule has 1 aromatic carbocycles. The largest absolute Gasteiger partial charge is 0.481 e. The van der Waals surface area contributed by atoms with Crippen LogP contribution < -0.4 is 16.4 Å². The number of anilines is 1. The maximum Gasteiger partial charge on any atom is 0.305 e. The molecular weight excluding hydrogens is 274 g/mol. The summed E-state index contributed by atoms with van der Waals surface area (Å²) in [5.41, 5.74) is 6.42. The highest BCUT2D eigenvalue weighted by molar-refractivity contribution is 5.98. The van der Waals surface area contributed by atoms with Crippen LogP contribution in [0.1, 0.15) is 29.6 Å². The maximum absolute atomic E-state index is 11.8. The molecule has 0 bridgehead atoms. The average molecular weight is 291 g/mol. The van der Waals surface area contributed by atoms with E-state index >= 15 is 0 Å². The van der Waals surface area contributed by atoms with Crippen LogP contribution in [0.4, 0.5) is 5.69 Å². The summed E-state index contributed by atoms with van der Waals surface area (Å²) in [4.78, 5) is 33.9. The summed E-state index contributed by atoms with van der Waals surface area (Å²) in [7, 11) is 0. The van der Waals surface area contributed by atoms with Gasteiger partial charge in [0.1, 0.15) is 0 Å². The molecule has 112 valence electrons. The number of hydrogen-bond acceptors (Lipinski definition) is 4. The van der Waals surface area contributed by atoms with Gasteiger partial charge in [0.15, 0.2) is 0 Å². The van der Waals surface area contributed by atoms with Gasteiger partial charge in [-0.05, 0) is 37.1 Å². The van der Waals surface area contributed by atoms with E-state index in [-0.39, 0.29) is 11.9 Å². The van der Waals surface area contributed by atoms with Gasteiger partial charge >= 0.3 is 5.97 Å². The van der Waals surface area contributed by atoms with Gasteiger partial charge in [-0.25, -0.2) is 0 Å². The summed E-state index contributed by atoms with van der Waals surface area (Å²) >= 11 is 0. The number of nitrogens with two attached hydrogens (primary N) is 1. The molecule has 1 fully saturated rings. The summed E-state index contributed by atoms with van der Waals surface area (Å²) in [5, 5.41) is 13.9. The lowest BCUT2D eigenvalue weighted by Crippen LogP contribution is -2.37.